The van der Waals surface area contributed by atoms with Crippen LogP contribution < -0.4 is 10.6 Å². The van der Waals surface area contributed by atoms with Crippen LogP contribution in [0.1, 0.15) is 30.9 Å². The van der Waals surface area contributed by atoms with Crippen molar-refractivity contribution < 1.29 is 5.11 Å². The smallest absolute Gasteiger partial charge is 0.0761 e. The average Bonchev–Trinajstić information content (AvgIpc) is 2.25. The maximum Gasteiger partial charge on any atom is 0.0761 e. The summed E-state index contributed by atoms with van der Waals surface area (Å²) in [5.74, 6) is 0.338. The number of nitrogens with two attached hydrogens (primary N) is 1. The van der Waals surface area contributed by atoms with Crippen molar-refractivity contribution in [3.8, 4) is 0 Å². The summed E-state index contributed by atoms with van der Waals surface area (Å²) in [4.78, 5) is 1.99. The Balaban J connectivity index is 0.00000180. The molecular formula is C14H22Cl2N2O. The third kappa shape index (κ3) is 3.54. The minimum absolute atomic E-state index is 0. The second-order valence-electron chi connectivity index (χ2n) is 5.31. The van der Waals surface area contributed by atoms with Crippen molar-refractivity contribution in [2.24, 2.45) is 11.7 Å². The maximum atomic E-state index is 10.2. The molecular weight excluding hydrogens is 283 g/mol. The number of hydrogen-bond acceptors (Lipinski definition) is 3. The first-order chi connectivity index (χ1) is 8.50. The third-order valence-electron chi connectivity index (χ3n) is 3.86. The molecule has 0 aliphatic heterocycles. The average molecular weight is 305 g/mol. The first-order valence-corrected chi connectivity index (χ1v) is 6.79. The zero-order valence-electron chi connectivity index (χ0n) is 11.3. The highest BCUT2D eigenvalue weighted by atomic mass is 35.5. The minimum Gasteiger partial charge on any atom is -0.391 e. The normalized spacial score (nSPS) is 18.2. The number of benzene rings is 1. The van der Waals surface area contributed by atoms with Crippen LogP contribution >= 0.6 is 24.0 Å². The second-order valence-corrected chi connectivity index (χ2v) is 5.71. The molecule has 0 spiro atoms. The van der Waals surface area contributed by atoms with Crippen LogP contribution in [0.25, 0.3) is 0 Å². The van der Waals surface area contributed by atoms with Gasteiger partial charge < -0.3 is 15.7 Å². The molecule has 2 rings (SSSR count). The van der Waals surface area contributed by atoms with Crippen LogP contribution in [0.3, 0.4) is 0 Å². The number of halogens is 2. The Morgan fingerprint density at radius 3 is 2.42 bits per heavy atom. The van der Waals surface area contributed by atoms with Gasteiger partial charge >= 0.3 is 0 Å². The fourth-order valence-corrected chi connectivity index (χ4v) is 2.62. The van der Waals surface area contributed by atoms with Crippen LogP contribution in [0.5, 0.6) is 0 Å². The highest BCUT2D eigenvalue weighted by Gasteiger charge is 2.31. The molecule has 3 nitrogen and oxygen atoms in total. The van der Waals surface area contributed by atoms with E-state index >= 15 is 0 Å². The van der Waals surface area contributed by atoms with Gasteiger partial charge in [0.2, 0.25) is 0 Å². The van der Waals surface area contributed by atoms with Crippen molar-refractivity contribution >= 4 is 29.7 Å². The first kappa shape index (κ1) is 16.6. The molecule has 1 aliphatic rings. The quantitative estimate of drug-likeness (QED) is 0.899. The molecule has 1 aromatic carbocycles. The molecule has 0 saturated heterocycles. The summed E-state index contributed by atoms with van der Waals surface area (Å²) in [6.45, 7) is 0. The molecule has 0 heterocycles. The Morgan fingerprint density at radius 1 is 1.37 bits per heavy atom. The Bertz CT molecular complexity index is 422. The summed E-state index contributed by atoms with van der Waals surface area (Å²) >= 11 is 6.26. The topological polar surface area (TPSA) is 49.5 Å². The van der Waals surface area contributed by atoms with Gasteiger partial charge in [0.25, 0.3) is 0 Å². The highest BCUT2D eigenvalue weighted by Crippen LogP contribution is 2.36. The summed E-state index contributed by atoms with van der Waals surface area (Å²) in [6.07, 6.45) is 2.85. The molecule has 0 radical (unpaired) electrons. The van der Waals surface area contributed by atoms with Gasteiger partial charge in [0.15, 0.2) is 0 Å². The molecule has 1 fully saturated rings. The third-order valence-corrected chi connectivity index (χ3v) is 4.19. The Hall–Kier alpha value is -0.480. The molecule has 5 heteroatoms. The van der Waals surface area contributed by atoms with E-state index in [-0.39, 0.29) is 18.4 Å². The molecule has 0 aromatic heterocycles. The van der Waals surface area contributed by atoms with Gasteiger partial charge in [0, 0.05) is 24.8 Å². The number of anilines is 1. The van der Waals surface area contributed by atoms with E-state index in [2.05, 4.69) is 0 Å². The first-order valence-electron chi connectivity index (χ1n) is 6.41. The standard InChI is InChI=1S/C14H21ClN2O.ClH/c1-17(2)10-6-7-11(12(15)8-10)13(16)14(18)9-4-3-5-9;/h6-9,13-14,18H,3-5,16H2,1-2H3;1H/t13-,14+;/m1./s1. The lowest BCUT2D eigenvalue weighted by Gasteiger charge is -2.34. The zero-order valence-corrected chi connectivity index (χ0v) is 12.9. The number of hydrogen-bond donors (Lipinski definition) is 2. The summed E-state index contributed by atoms with van der Waals surface area (Å²) in [5, 5.41) is 10.8. The molecule has 1 aromatic rings. The summed E-state index contributed by atoms with van der Waals surface area (Å²) in [6, 6.07) is 5.40. The lowest BCUT2D eigenvalue weighted by atomic mass is 9.77. The van der Waals surface area contributed by atoms with Crippen LogP contribution in [0.2, 0.25) is 5.02 Å². The SMILES string of the molecule is CN(C)c1ccc([C@@H](N)[C@@H](O)C2CCC2)c(Cl)c1.Cl. The van der Waals surface area contributed by atoms with Crippen molar-refractivity contribution in [3.05, 3.63) is 28.8 Å². The minimum atomic E-state index is -0.485. The van der Waals surface area contributed by atoms with Gasteiger partial charge in [-0.2, -0.15) is 0 Å². The second kappa shape index (κ2) is 6.80. The molecule has 0 bridgehead atoms. The Labute approximate surface area is 126 Å². The zero-order chi connectivity index (χ0) is 13.3. The number of nitrogens with zero attached hydrogens (tertiary/aromatic N) is 1. The van der Waals surface area contributed by atoms with Crippen LogP contribution in [-0.2, 0) is 0 Å². The van der Waals surface area contributed by atoms with Crippen molar-refractivity contribution in [1.29, 1.82) is 0 Å². The van der Waals surface area contributed by atoms with Gasteiger partial charge in [-0.1, -0.05) is 24.1 Å². The summed E-state index contributed by atoms with van der Waals surface area (Å²) in [7, 11) is 3.93. The van der Waals surface area contributed by atoms with Crippen molar-refractivity contribution in [2.45, 2.75) is 31.4 Å². The summed E-state index contributed by atoms with van der Waals surface area (Å²) < 4.78 is 0. The predicted octanol–water partition coefficient (Wildman–Crippen LogP) is 2.99. The molecule has 0 amide bonds. The van der Waals surface area contributed by atoms with Crippen LogP contribution in [-0.4, -0.2) is 25.3 Å². The van der Waals surface area contributed by atoms with Gasteiger partial charge in [-0.05, 0) is 36.5 Å². The molecule has 19 heavy (non-hydrogen) atoms. The van der Waals surface area contributed by atoms with E-state index in [9.17, 15) is 5.11 Å². The predicted molar refractivity (Wildman–Crippen MR) is 83.3 cm³/mol. The Kier molecular flexibility index (Phi) is 5.93. The van der Waals surface area contributed by atoms with E-state index in [4.69, 9.17) is 17.3 Å². The van der Waals surface area contributed by atoms with Gasteiger partial charge in [-0.25, -0.2) is 0 Å². The van der Waals surface area contributed by atoms with E-state index < -0.39 is 6.10 Å². The van der Waals surface area contributed by atoms with Crippen molar-refractivity contribution in [1.82, 2.24) is 0 Å². The van der Waals surface area contributed by atoms with E-state index in [1.807, 2.05) is 37.2 Å². The van der Waals surface area contributed by atoms with Gasteiger partial charge in [0.05, 0.1) is 12.1 Å². The number of aliphatic hydroxyl groups excluding tert-OH is 1. The molecule has 108 valence electrons. The van der Waals surface area contributed by atoms with E-state index in [1.54, 1.807) is 0 Å². The van der Waals surface area contributed by atoms with Gasteiger partial charge in [-0.15, -0.1) is 12.4 Å². The summed E-state index contributed by atoms with van der Waals surface area (Å²) in [5.41, 5.74) is 8.00. The van der Waals surface area contributed by atoms with E-state index in [1.165, 1.54) is 6.42 Å². The van der Waals surface area contributed by atoms with E-state index in [0.717, 1.165) is 24.1 Å². The van der Waals surface area contributed by atoms with Gasteiger partial charge in [-0.3, -0.25) is 0 Å². The van der Waals surface area contributed by atoms with E-state index in [0.29, 0.717) is 10.9 Å². The van der Waals surface area contributed by atoms with Gasteiger partial charge in [0.1, 0.15) is 0 Å². The largest absolute Gasteiger partial charge is 0.391 e. The fourth-order valence-electron chi connectivity index (χ4n) is 2.32. The lowest BCUT2D eigenvalue weighted by Crippen LogP contribution is -2.36. The molecule has 2 atom stereocenters. The number of rotatable bonds is 4. The van der Waals surface area contributed by atoms with Crippen LogP contribution in [0.15, 0.2) is 18.2 Å². The molecule has 0 unspecified atom stereocenters. The van der Waals surface area contributed by atoms with Crippen molar-refractivity contribution in [2.75, 3.05) is 19.0 Å². The fraction of sp³-hybridized carbons (Fsp3) is 0.571. The lowest BCUT2D eigenvalue weighted by molar-refractivity contribution is 0.0414. The molecule has 1 saturated carbocycles. The number of aliphatic hydroxyl groups is 1. The highest BCUT2D eigenvalue weighted by molar-refractivity contribution is 6.31. The monoisotopic (exact) mass is 304 g/mol. The molecule has 1 aliphatic carbocycles. The maximum absolute atomic E-state index is 10.2. The van der Waals surface area contributed by atoms with Crippen LogP contribution in [0, 0.1) is 5.92 Å². The van der Waals surface area contributed by atoms with Crippen LogP contribution in [0.4, 0.5) is 5.69 Å². The Morgan fingerprint density at radius 2 is 2.00 bits per heavy atom. The van der Waals surface area contributed by atoms with Crippen molar-refractivity contribution in [3.63, 3.8) is 0 Å². The molecule has 3 N–H and O–H groups in total.